The molecule has 0 fully saturated rings. The SMILES string of the molecule is CCOC(=O)C1=C(N)Oc2cc(C)oc(=O)c2[C@H]1c1cccc(C(F)(F)F)c1. The molecule has 0 bridgehead atoms. The molecular weight excluding hydrogens is 379 g/mol. The maximum Gasteiger partial charge on any atom is 0.416 e. The first-order valence-electron chi connectivity index (χ1n) is 8.30. The van der Waals surface area contributed by atoms with E-state index >= 15 is 0 Å². The molecule has 0 saturated heterocycles. The van der Waals surface area contributed by atoms with E-state index in [4.69, 9.17) is 19.6 Å². The number of ether oxygens (including phenoxy) is 2. The molecule has 1 aliphatic heterocycles. The quantitative estimate of drug-likeness (QED) is 0.803. The maximum atomic E-state index is 13.2. The van der Waals surface area contributed by atoms with Crippen molar-refractivity contribution in [2.75, 3.05) is 6.61 Å². The molecular formula is C19H16F3NO5. The third kappa shape index (κ3) is 3.47. The summed E-state index contributed by atoms with van der Waals surface area (Å²) in [6.07, 6.45) is -4.61. The van der Waals surface area contributed by atoms with Crippen molar-refractivity contribution in [1.82, 2.24) is 0 Å². The van der Waals surface area contributed by atoms with Crippen molar-refractivity contribution in [2.24, 2.45) is 5.73 Å². The fourth-order valence-electron chi connectivity index (χ4n) is 3.05. The lowest BCUT2D eigenvalue weighted by Gasteiger charge is -2.27. The van der Waals surface area contributed by atoms with Crippen LogP contribution in [0.1, 0.15) is 35.3 Å². The molecule has 0 amide bonds. The van der Waals surface area contributed by atoms with Gasteiger partial charge in [-0.3, -0.25) is 0 Å². The third-order valence-corrected chi connectivity index (χ3v) is 4.18. The Morgan fingerprint density at radius 3 is 2.64 bits per heavy atom. The molecule has 0 aliphatic carbocycles. The van der Waals surface area contributed by atoms with Gasteiger partial charge in [0.2, 0.25) is 5.88 Å². The molecule has 3 rings (SSSR count). The summed E-state index contributed by atoms with van der Waals surface area (Å²) in [5.74, 6) is -2.24. The number of halogens is 3. The van der Waals surface area contributed by atoms with Crippen LogP contribution in [0.3, 0.4) is 0 Å². The average molecular weight is 395 g/mol. The van der Waals surface area contributed by atoms with Crippen molar-refractivity contribution in [3.8, 4) is 5.75 Å². The highest BCUT2D eigenvalue weighted by Gasteiger charge is 2.39. The van der Waals surface area contributed by atoms with Gasteiger partial charge in [0, 0.05) is 6.07 Å². The number of rotatable bonds is 3. The van der Waals surface area contributed by atoms with E-state index in [2.05, 4.69) is 0 Å². The minimum atomic E-state index is -4.61. The summed E-state index contributed by atoms with van der Waals surface area (Å²) < 4.78 is 55.0. The van der Waals surface area contributed by atoms with Gasteiger partial charge in [-0.15, -0.1) is 0 Å². The van der Waals surface area contributed by atoms with Crippen LogP contribution in [0.5, 0.6) is 5.75 Å². The predicted molar refractivity (Wildman–Crippen MR) is 91.5 cm³/mol. The smallest absolute Gasteiger partial charge is 0.416 e. The zero-order valence-electron chi connectivity index (χ0n) is 14.9. The van der Waals surface area contributed by atoms with Crippen molar-refractivity contribution in [2.45, 2.75) is 25.9 Å². The molecule has 1 aliphatic rings. The number of fused-ring (bicyclic) bond motifs is 1. The van der Waals surface area contributed by atoms with E-state index in [-0.39, 0.29) is 40.7 Å². The van der Waals surface area contributed by atoms with E-state index in [9.17, 15) is 22.8 Å². The highest BCUT2D eigenvalue weighted by molar-refractivity contribution is 5.92. The first-order chi connectivity index (χ1) is 13.1. The molecule has 2 aromatic rings. The minimum absolute atomic E-state index is 0.000284. The molecule has 2 heterocycles. The third-order valence-electron chi connectivity index (χ3n) is 4.18. The van der Waals surface area contributed by atoms with Crippen LogP contribution in [0, 0.1) is 6.92 Å². The molecule has 148 valence electrons. The van der Waals surface area contributed by atoms with Gasteiger partial charge in [0.1, 0.15) is 17.1 Å². The lowest BCUT2D eigenvalue weighted by atomic mass is 9.83. The largest absolute Gasteiger partial charge is 0.462 e. The maximum absolute atomic E-state index is 13.2. The summed E-state index contributed by atoms with van der Waals surface area (Å²) in [4.78, 5) is 25.0. The fourth-order valence-corrected chi connectivity index (χ4v) is 3.05. The van der Waals surface area contributed by atoms with Gasteiger partial charge in [0.05, 0.1) is 23.7 Å². The van der Waals surface area contributed by atoms with E-state index in [0.717, 1.165) is 12.1 Å². The molecule has 9 heteroatoms. The number of aryl methyl sites for hydroxylation is 1. The second-order valence-electron chi connectivity index (χ2n) is 6.08. The summed E-state index contributed by atoms with van der Waals surface area (Å²) in [5.41, 5.74) is 3.75. The summed E-state index contributed by atoms with van der Waals surface area (Å²) >= 11 is 0. The monoisotopic (exact) mass is 395 g/mol. The van der Waals surface area contributed by atoms with Gasteiger partial charge in [-0.2, -0.15) is 13.2 Å². The number of carbonyl (C=O) groups excluding carboxylic acids is 1. The predicted octanol–water partition coefficient (Wildman–Crippen LogP) is 3.22. The van der Waals surface area contributed by atoms with Crippen LogP contribution >= 0.6 is 0 Å². The molecule has 6 nitrogen and oxygen atoms in total. The second kappa shape index (κ2) is 7.06. The molecule has 28 heavy (non-hydrogen) atoms. The highest BCUT2D eigenvalue weighted by atomic mass is 19.4. The zero-order valence-corrected chi connectivity index (χ0v) is 14.9. The summed E-state index contributed by atoms with van der Waals surface area (Å²) in [5, 5.41) is 0. The molecule has 1 atom stereocenters. The number of carbonyl (C=O) groups is 1. The number of hydrogen-bond acceptors (Lipinski definition) is 6. The van der Waals surface area contributed by atoms with Crippen LogP contribution in [0.4, 0.5) is 13.2 Å². The number of hydrogen-bond donors (Lipinski definition) is 1. The van der Waals surface area contributed by atoms with Crippen molar-refractivity contribution < 1.29 is 31.9 Å². The first kappa shape index (κ1) is 19.5. The van der Waals surface area contributed by atoms with Crippen molar-refractivity contribution in [1.29, 1.82) is 0 Å². The molecule has 0 radical (unpaired) electrons. The molecule has 1 aromatic carbocycles. The van der Waals surface area contributed by atoms with Crippen LogP contribution in [0.2, 0.25) is 0 Å². The molecule has 0 spiro atoms. The highest BCUT2D eigenvalue weighted by Crippen LogP contribution is 2.42. The van der Waals surface area contributed by atoms with Gasteiger partial charge >= 0.3 is 17.8 Å². The Bertz CT molecular complexity index is 1020. The number of esters is 1. The summed E-state index contributed by atoms with van der Waals surface area (Å²) in [7, 11) is 0. The number of alkyl halides is 3. The van der Waals surface area contributed by atoms with Crippen LogP contribution in [0.25, 0.3) is 0 Å². The van der Waals surface area contributed by atoms with Crippen LogP contribution in [-0.2, 0) is 15.7 Å². The van der Waals surface area contributed by atoms with Gasteiger partial charge in [0.15, 0.2) is 0 Å². The standard InChI is InChI=1S/C19H16F3NO5/c1-3-26-17(24)15-13(10-5-4-6-11(8-10)19(20,21)22)14-12(28-16(15)23)7-9(2)27-18(14)25/h4-8,13H,3,23H2,1-2H3/t13-/m1/s1. The van der Waals surface area contributed by atoms with Crippen molar-refractivity contribution >= 4 is 5.97 Å². The Kier molecular flexibility index (Phi) is 4.93. The summed E-state index contributed by atoms with van der Waals surface area (Å²) in [6, 6.07) is 5.67. The van der Waals surface area contributed by atoms with E-state index in [1.807, 2.05) is 0 Å². The van der Waals surface area contributed by atoms with Gasteiger partial charge in [-0.05, 0) is 25.5 Å². The van der Waals surface area contributed by atoms with Crippen molar-refractivity contribution in [3.05, 3.63) is 74.7 Å². The fraction of sp³-hybridized carbons (Fsp3) is 0.263. The molecule has 0 unspecified atom stereocenters. The van der Waals surface area contributed by atoms with Gasteiger partial charge < -0.3 is 19.6 Å². The summed E-state index contributed by atoms with van der Waals surface area (Å²) in [6.45, 7) is 3.06. The van der Waals surface area contributed by atoms with Crippen molar-refractivity contribution in [3.63, 3.8) is 0 Å². The van der Waals surface area contributed by atoms with Crippen LogP contribution in [-0.4, -0.2) is 12.6 Å². The Morgan fingerprint density at radius 1 is 1.29 bits per heavy atom. The minimum Gasteiger partial charge on any atom is -0.462 e. The zero-order chi connectivity index (χ0) is 20.6. The number of nitrogens with two attached hydrogens (primary N) is 1. The van der Waals surface area contributed by atoms with E-state index in [1.54, 1.807) is 6.92 Å². The lowest BCUT2D eigenvalue weighted by Crippen LogP contribution is -2.31. The second-order valence-corrected chi connectivity index (χ2v) is 6.08. The van der Waals surface area contributed by atoms with E-state index < -0.39 is 29.3 Å². The van der Waals surface area contributed by atoms with Gasteiger partial charge in [-0.25, -0.2) is 9.59 Å². The lowest BCUT2D eigenvalue weighted by molar-refractivity contribution is -0.139. The Labute approximate surface area is 157 Å². The molecule has 1 aromatic heterocycles. The molecule has 2 N–H and O–H groups in total. The van der Waals surface area contributed by atoms with E-state index in [1.165, 1.54) is 25.1 Å². The van der Waals surface area contributed by atoms with Crippen LogP contribution < -0.4 is 16.1 Å². The topological polar surface area (TPSA) is 91.8 Å². The molecule has 0 saturated carbocycles. The Morgan fingerprint density at radius 2 is 2.00 bits per heavy atom. The first-order valence-corrected chi connectivity index (χ1v) is 8.30. The van der Waals surface area contributed by atoms with Crippen LogP contribution in [0.15, 0.2) is 51.0 Å². The van der Waals surface area contributed by atoms with E-state index in [0.29, 0.717) is 0 Å². The Hall–Kier alpha value is -3.23. The Balaban J connectivity index is 2.28. The normalized spacial score (nSPS) is 16.4. The number of benzene rings is 1. The average Bonchev–Trinajstić information content (AvgIpc) is 2.59. The van der Waals surface area contributed by atoms with Gasteiger partial charge in [0.25, 0.3) is 0 Å². The van der Waals surface area contributed by atoms with Gasteiger partial charge in [-0.1, -0.05) is 18.2 Å².